The van der Waals surface area contributed by atoms with Crippen molar-refractivity contribution in [1.82, 2.24) is 0 Å². The molecule has 18 heavy (non-hydrogen) atoms. The average Bonchev–Trinajstić information content (AvgIpc) is 2.20. The van der Waals surface area contributed by atoms with Crippen LogP contribution in [-0.4, -0.2) is 11.7 Å². The Balaban J connectivity index is 2.96. The highest BCUT2D eigenvalue weighted by molar-refractivity contribution is 5.85. The second kappa shape index (κ2) is 4.75. The SMILES string of the molecule is CC(C)(C)OC(=O)Nc1cc(N)c(F)c(F)c1F. The van der Waals surface area contributed by atoms with Gasteiger partial charge in [0.1, 0.15) is 5.60 Å². The van der Waals surface area contributed by atoms with Gasteiger partial charge >= 0.3 is 6.09 Å². The van der Waals surface area contributed by atoms with Gasteiger partial charge in [0.15, 0.2) is 17.5 Å². The molecular formula is C11H13F3N2O2. The highest BCUT2D eigenvalue weighted by Crippen LogP contribution is 2.25. The summed E-state index contributed by atoms with van der Waals surface area (Å²) in [6.07, 6.45) is -0.994. The first-order valence-electron chi connectivity index (χ1n) is 5.05. The first-order chi connectivity index (χ1) is 8.11. The zero-order valence-corrected chi connectivity index (χ0v) is 10.1. The van der Waals surface area contributed by atoms with Gasteiger partial charge in [0, 0.05) is 0 Å². The number of hydrogen-bond donors (Lipinski definition) is 2. The first-order valence-corrected chi connectivity index (χ1v) is 5.05. The summed E-state index contributed by atoms with van der Waals surface area (Å²) in [4.78, 5) is 11.3. The van der Waals surface area contributed by atoms with E-state index in [0.717, 1.165) is 6.07 Å². The van der Waals surface area contributed by atoms with Gasteiger partial charge in [-0.05, 0) is 26.8 Å². The van der Waals surface area contributed by atoms with Gasteiger partial charge in [0.05, 0.1) is 11.4 Å². The maximum atomic E-state index is 13.3. The molecule has 0 bridgehead atoms. The quantitative estimate of drug-likeness (QED) is 0.604. The van der Waals surface area contributed by atoms with Crippen LogP contribution in [0.1, 0.15) is 20.8 Å². The van der Waals surface area contributed by atoms with Crippen LogP contribution in [0.5, 0.6) is 0 Å². The summed E-state index contributed by atoms with van der Waals surface area (Å²) < 4.78 is 44.0. The van der Waals surface area contributed by atoms with Gasteiger partial charge < -0.3 is 10.5 Å². The maximum absolute atomic E-state index is 13.3. The number of nitrogens with two attached hydrogens (primary N) is 1. The second-order valence-corrected chi connectivity index (χ2v) is 4.58. The van der Waals surface area contributed by atoms with E-state index in [4.69, 9.17) is 10.5 Å². The number of carbonyl (C=O) groups excluding carboxylic acids is 1. The highest BCUT2D eigenvalue weighted by atomic mass is 19.2. The summed E-state index contributed by atoms with van der Waals surface area (Å²) in [6, 6.07) is 0.775. The minimum absolute atomic E-state index is 0.583. The number of hydrogen-bond acceptors (Lipinski definition) is 3. The van der Waals surface area contributed by atoms with E-state index in [9.17, 15) is 18.0 Å². The Kier molecular flexibility index (Phi) is 3.73. The molecule has 0 aliphatic rings. The predicted octanol–water partition coefficient (Wildman–Crippen LogP) is 3.03. The minimum atomic E-state index is -1.75. The van der Waals surface area contributed by atoms with Crippen molar-refractivity contribution in [3.05, 3.63) is 23.5 Å². The van der Waals surface area contributed by atoms with Crippen molar-refractivity contribution < 1.29 is 22.7 Å². The van der Waals surface area contributed by atoms with Crippen molar-refractivity contribution in [2.45, 2.75) is 26.4 Å². The summed E-state index contributed by atoms with van der Waals surface area (Å²) in [5.41, 5.74) is 3.12. The fourth-order valence-corrected chi connectivity index (χ4v) is 1.13. The molecule has 1 aromatic rings. The Hall–Kier alpha value is -1.92. The number of nitrogens with one attached hydrogen (secondary N) is 1. The van der Waals surface area contributed by atoms with Gasteiger partial charge in [-0.15, -0.1) is 0 Å². The van der Waals surface area contributed by atoms with Crippen LogP contribution in [0.15, 0.2) is 6.07 Å². The molecule has 0 saturated carbocycles. The zero-order valence-electron chi connectivity index (χ0n) is 10.1. The molecule has 0 heterocycles. The molecule has 4 nitrogen and oxygen atoms in total. The molecule has 100 valence electrons. The van der Waals surface area contributed by atoms with E-state index in [0.29, 0.717) is 0 Å². The summed E-state index contributed by atoms with van der Waals surface area (Å²) in [6.45, 7) is 4.80. The van der Waals surface area contributed by atoms with E-state index < -0.39 is 40.5 Å². The largest absolute Gasteiger partial charge is 0.444 e. The van der Waals surface area contributed by atoms with Crippen molar-refractivity contribution in [2.24, 2.45) is 0 Å². The molecule has 0 radical (unpaired) electrons. The predicted molar refractivity (Wildman–Crippen MR) is 60.6 cm³/mol. The van der Waals surface area contributed by atoms with E-state index in [1.165, 1.54) is 0 Å². The van der Waals surface area contributed by atoms with Gasteiger partial charge in [0.2, 0.25) is 0 Å². The van der Waals surface area contributed by atoms with Gasteiger partial charge in [0.25, 0.3) is 0 Å². The number of carbonyl (C=O) groups is 1. The van der Waals surface area contributed by atoms with Crippen molar-refractivity contribution in [1.29, 1.82) is 0 Å². The topological polar surface area (TPSA) is 64.3 Å². The lowest BCUT2D eigenvalue weighted by Crippen LogP contribution is -2.27. The molecular weight excluding hydrogens is 249 g/mol. The molecule has 1 aromatic carbocycles. The fraction of sp³-hybridized carbons (Fsp3) is 0.364. The highest BCUT2D eigenvalue weighted by Gasteiger charge is 2.21. The van der Waals surface area contributed by atoms with Crippen molar-refractivity contribution in [3.63, 3.8) is 0 Å². The smallest absolute Gasteiger partial charge is 0.412 e. The molecule has 0 fully saturated rings. The third-order valence-corrected chi connectivity index (χ3v) is 1.81. The molecule has 1 rings (SSSR count). The third-order valence-electron chi connectivity index (χ3n) is 1.81. The van der Waals surface area contributed by atoms with Crippen LogP contribution in [0.3, 0.4) is 0 Å². The van der Waals surface area contributed by atoms with Gasteiger partial charge in [-0.25, -0.2) is 18.0 Å². The second-order valence-electron chi connectivity index (χ2n) is 4.58. The van der Waals surface area contributed by atoms with E-state index in [1.807, 2.05) is 5.32 Å². The molecule has 0 saturated heterocycles. The maximum Gasteiger partial charge on any atom is 0.412 e. The number of benzene rings is 1. The number of nitrogen functional groups attached to an aromatic ring is 1. The van der Waals surface area contributed by atoms with Crippen molar-refractivity contribution in [3.8, 4) is 0 Å². The summed E-state index contributed by atoms with van der Waals surface area (Å²) in [5, 5.41) is 1.95. The third kappa shape index (κ3) is 3.28. The molecule has 0 atom stereocenters. The fourth-order valence-electron chi connectivity index (χ4n) is 1.13. The molecule has 0 aliphatic carbocycles. The Labute approximate surface area is 102 Å². The Bertz CT molecular complexity index is 484. The van der Waals surface area contributed by atoms with E-state index >= 15 is 0 Å². The summed E-state index contributed by atoms with van der Waals surface area (Å²) in [5.74, 6) is -4.78. The van der Waals surface area contributed by atoms with Crippen LogP contribution in [0, 0.1) is 17.5 Å². The lowest BCUT2D eigenvalue weighted by atomic mass is 10.2. The zero-order chi connectivity index (χ0) is 14.1. The Morgan fingerprint density at radius 3 is 2.28 bits per heavy atom. The number of anilines is 2. The number of rotatable bonds is 1. The van der Waals surface area contributed by atoms with Crippen LogP contribution >= 0.6 is 0 Å². The van der Waals surface area contributed by atoms with Crippen LogP contribution in [0.2, 0.25) is 0 Å². The van der Waals surface area contributed by atoms with E-state index in [2.05, 4.69) is 0 Å². The van der Waals surface area contributed by atoms with Crippen molar-refractivity contribution in [2.75, 3.05) is 11.1 Å². The number of ether oxygens (including phenoxy) is 1. The normalized spacial score (nSPS) is 11.2. The van der Waals surface area contributed by atoms with Crippen LogP contribution in [0.25, 0.3) is 0 Å². The molecule has 7 heteroatoms. The average molecular weight is 262 g/mol. The van der Waals surface area contributed by atoms with Gasteiger partial charge in [-0.1, -0.05) is 0 Å². The minimum Gasteiger partial charge on any atom is -0.444 e. The monoisotopic (exact) mass is 262 g/mol. The summed E-state index contributed by atoms with van der Waals surface area (Å²) >= 11 is 0. The number of amides is 1. The molecule has 0 spiro atoms. The molecule has 1 amide bonds. The van der Waals surface area contributed by atoms with Gasteiger partial charge in [-0.3, -0.25) is 5.32 Å². The Morgan fingerprint density at radius 1 is 1.22 bits per heavy atom. The van der Waals surface area contributed by atoms with Crippen LogP contribution < -0.4 is 11.1 Å². The summed E-state index contributed by atoms with van der Waals surface area (Å²) in [7, 11) is 0. The molecule has 0 aliphatic heterocycles. The first kappa shape index (κ1) is 14.1. The van der Waals surface area contributed by atoms with Crippen LogP contribution in [0.4, 0.5) is 29.3 Å². The number of halogens is 3. The standard InChI is InChI=1S/C11H13F3N2O2/c1-11(2,3)18-10(17)16-6-4-5(15)7(12)9(14)8(6)13/h4H,15H2,1-3H3,(H,16,17). The van der Waals surface area contributed by atoms with E-state index in [-0.39, 0.29) is 0 Å². The van der Waals surface area contributed by atoms with Crippen molar-refractivity contribution >= 4 is 17.5 Å². The Morgan fingerprint density at radius 2 is 1.78 bits per heavy atom. The lowest BCUT2D eigenvalue weighted by Gasteiger charge is -2.20. The molecule has 0 aromatic heterocycles. The van der Waals surface area contributed by atoms with E-state index in [1.54, 1.807) is 20.8 Å². The molecule has 0 unspecified atom stereocenters. The molecule has 3 N–H and O–H groups in total. The van der Waals surface area contributed by atoms with Crippen LogP contribution in [-0.2, 0) is 4.74 Å². The van der Waals surface area contributed by atoms with Gasteiger partial charge in [-0.2, -0.15) is 0 Å². The lowest BCUT2D eigenvalue weighted by molar-refractivity contribution is 0.0635.